The number of benzene rings is 1. The van der Waals surface area contributed by atoms with Crippen LogP contribution >= 0.6 is 0 Å². The number of aliphatic imine (C=N–C) groups is 1. The molecule has 144 valence electrons. The molecule has 1 aliphatic heterocycles. The summed E-state index contributed by atoms with van der Waals surface area (Å²) < 4.78 is 14.9. The molecular formula is C19H21NO7. The van der Waals surface area contributed by atoms with Crippen molar-refractivity contribution in [2.24, 2.45) is 10.9 Å². The molecule has 1 heterocycles. The zero-order valence-corrected chi connectivity index (χ0v) is 15.6. The highest BCUT2D eigenvalue weighted by Gasteiger charge is 2.62. The van der Waals surface area contributed by atoms with Gasteiger partial charge in [-0.15, -0.1) is 0 Å². The molecule has 1 aromatic carbocycles. The van der Waals surface area contributed by atoms with E-state index in [4.69, 9.17) is 14.2 Å². The summed E-state index contributed by atoms with van der Waals surface area (Å²) in [6, 6.07) is 6.48. The molecule has 0 N–H and O–H groups in total. The first-order valence-electron chi connectivity index (χ1n) is 8.35. The van der Waals surface area contributed by atoms with E-state index in [2.05, 4.69) is 4.99 Å². The lowest BCUT2D eigenvalue weighted by Crippen LogP contribution is -2.55. The molecule has 0 fully saturated rings. The van der Waals surface area contributed by atoms with Gasteiger partial charge >= 0.3 is 17.9 Å². The number of nitrogens with zero attached hydrogens (tertiary/aromatic N) is 1. The van der Waals surface area contributed by atoms with Gasteiger partial charge in [-0.25, -0.2) is 9.79 Å². The number of esters is 3. The Balaban J connectivity index is 2.84. The summed E-state index contributed by atoms with van der Waals surface area (Å²) in [6.07, 6.45) is -0.335. The SMILES string of the molecule is CCOC(=O)[C@@H](CC(C)=O)C1(C(=O)OC)C(C(=O)OC)=Nc2ccccc21. The Morgan fingerprint density at radius 1 is 1.11 bits per heavy atom. The predicted octanol–water partition coefficient (Wildman–Crippen LogP) is 1.51. The van der Waals surface area contributed by atoms with Gasteiger partial charge in [0.2, 0.25) is 0 Å². The number of para-hydroxylation sites is 1. The molecule has 0 spiro atoms. The lowest BCUT2D eigenvalue weighted by molar-refractivity contribution is -0.159. The Hall–Kier alpha value is -3.03. The zero-order chi connectivity index (χ0) is 20.2. The maximum Gasteiger partial charge on any atom is 0.354 e. The monoisotopic (exact) mass is 375 g/mol. The zero-order valence-electron chi connectivity index (χ0n) is 15.6. The van der Waals surface area contributed by atoms with Gasteiger partial charge in [0.05, 0.1) is 32.4 Å². The molecule has 1 aromatic rings. The predicted molar refractivity (Wildman–Crippen MR) is 94.7 cm³/mol. The molecular weight excluding hydrogens is 354 g/mol. The average molecular weight is 375 g/mol. The number of carbonyl (C=O) groups is 4. The molecule has 0 saturated carbocycles. The Labute approximate surface area is 156 Å². The van der Waals surface area contributed by atoms with Crippen LogP contribution in [0.4, 0.5) is 5.69 Å². The molecule has 1 aliphatic rings. The van der Waals surface area contributed by atoms with Crippen molar-refractivity contribution in [2.45, 2.75) is 25.7 Å². The molecule has 0 bridgehead atoms. The van der Waals surface area contributed by atoms with Gasteiger partial charge in [0.1, 0.15) is 11.5 Å². The summed E-state index contributed by atoms with van der Waals surface area (Å²) in [5.41, 5.74) is -1.63. The van der Waals surface area contributed by atoms with E-state index < -0.39 is 29.2 Å². The van der Waals surface area contributed by atoms with Crippen LogP contribution < -0.4 is 0 Å². The fourth-order valence-corrected chi connectivity index (χ4v) is 3.35. The minimum absolute atomic E-state index is 0.0385. The van der Waals surface area contributed by atoms with E-state index in [9.17, 15) is 19.2 Å². The highest BCUT2D eigenvalue weighted by molar-refractivity contribution is 6.47. The fourth-order valence-electron chi connectivity index (χ4n) is 3.35. The number of carbonyl (C=O) groups excluding carboxylic acids is 4. The minimum Gasteiger partial charge on any atom is -0.468 e. The van der Waals surface area contributed by atoms with Crippen molar-refractivity contribution < 1.29 is 33.4 Å². The second-order valence-corrected chi connectivity index (χ2v) is 5.98. The van der Waals surface area contributed by atoms with Gasteiger partial charge in [-0.05, 0) is 19.9 Å². The molecule has 0 radical (unpaired) electrons. The lowest BCUT2D eigenvalue weighted by Gasteiger charge is -2.34. The van der Waals surface area contributed by atoms with E-state index in [1.165, 1.54) is 6.92 Å². The molecule has 2 rings (SSSR count). The second kappa shape index (κ2) is 8.11. The van der Waals surface area contributed by atoms with Crippen molar-refractivity contribution in [1.82, 2.24) is 0 Å². The molecule has 0 aliphatic carbocycles. The Morgan fingerprint density at radius 2 is 1.78 bits per heavy atom. The largest absolute Gasteiger partial charge is 0.468 e. The quantitative estimate of drug-likeness (QED) is 0.525. The van der Waals surface area contributed by atoms with Crippen LogP contribution in [-0.2, 0) is 38.8 Å². The first-order chi connectivity index (χ1) is 12.8. The number of rotatable bonds is 7. The molecule has 8 nitrogen and oxygen atoms in total. The first kappa shape index (κ1) is 20.3. The van der Waals surface area contributed by atoms with Crippen molar-refractivity contribution >= 4 is 35.1 Å². The van der Waals surface area contributed by atoms with E-state index in [0.717, 1.165) is 14.2 Å². The lowest BCUT2D eigenvalue weighted by atomic mass is 9.66. The highest BCUT2D eigenvalue weighted by atomic mass is 16.5. The Morgan fingerprint density at radius 3 is 2.33 bits per heavy atom. The van der Waals surface area contributed by atoms with Gasteiger partial charge in [0.25, 0.3) is 0 Å². The van der Waals surface area contributed by atoms with Crippen LogP contribution in [0, 0.1) is 5.92 Å². The smallest absolute Gasteiger partial charge is 0.354 e. The summed E-state index contributed by atoms with van der Waals surface area (Å²) in [7, 11) is 2.27. The van der Waals surface area contributed by atoms with Gasteiger partial charge in [-0.3, -0.25) is 9.59 Å². The maximum absolute atomic E-state index is 13.0. The van der Waals surface area contributed by atoms with Gasteiger partial charge in [-0.2, -0.15) is 0 Å². The number of ether oxygens (including phenoxy) is 3. The Kier molecular flexibility index (Phi) is 6.09. The Bertz CT molecular complexity index is 814. The van der Waals surface area contributed by atoms with Crippen molar-refractivity contribution in [2.75, 3.05) is 20.8 Å². The van der Waals surface area contributed by atoms with E-state index in [1.54, 1.807) is 31.2 Å². The topological polar surface area (TPSA) is 108 Å². The summed E-state index contributed by atoms with van der Waals surface area (Å²) in [4.78, 5) is 54.4. The summed E-state index contributed by atoms with van der Waals surface area (Å²) in [5, 5.41) is 0. The van der Waals surface area contributed by atoms with Crippen LogP contribution in [-0.4, -0.2) is 50.2 Å². The first-order valence-corrected chi connectivity index (χ1v) is 8.35. The maximum atomic E-state index is 13.0. The van der Waals surface area contributed by atoms with Gasteiger partial charge in [-0.1, -0.05) is 18.2 Å². The second-order valence-electron chi connectivity index (χ2n) is 5.98. The van der Waals surface area contributed by atoms with Crippen molar-refractivity contribution in [3.8, 4) is 0 Å². The standard InChI is InChI=1S/C19H21NO7/c1-5-27-16(22)13(10-11(2)21)19(18(24)26-4)12-8-6-7-9-14(12)20-15(19)17(23)25-3/h6-9,13H,5,10H2,1-4H3/t13-,19?/m1/s1. The van der Waals surface area contributed by atoms with Crippen LogP contribution in [0.3, 0.4) is 0 Å². The molecule has 1 unspecified atom stereocenters. The van der Waals surface area contributed by atoms with Crippen LogP contribution in [0.25, 0.3) is 0 Å². The third-order valence-electron chi connectivity index (χ3n) is 4.41. The van der Waals surface area contributed by atoms with Crippen LogP contribution in [0.2, 0.25) is 0 Å². The van der Waals surface area contributed by atoms with Crippen LogP contribution in [0.5, 0.6) is 0 Å². The van der Waals surface area contributed by atoms with Gasteiger partial charge in [0.15, 0.2) is 5.41 Å². The molecule has 8 heteroatoms. The molecule has 0 aromatic heterocycles. The third-order valence-corrected chi connectivity index (χ3v) is 4.41. The molecule has 0 amide bonds. The van der Waals surface area contributed by atoms with E-state index in [1.807, 2.05) is 0 Å². The average Bonchev–Trinajstić information content (AvgIpc) is 3.00. The molecule has 27 heavy (non-hydrogen) atoms. The van der Waals surface area contributed by atoms with Crippen LogP contribution in [0.15, 0.2) is 29.3 Å². The third kappa shape index (κ3) is 3.34. The fraction of sp³-hybridized carbons (Fsp3) is 0.421. The molecule has 0 saturated heterocycles. The van der Waals surface area contributed by atoms with Crippen LogP contribution in [0.1, 0.15) is 25.8 Å². The molecule has 2 atom stereocenters. The summed E-state index contributed by atoms with van der Waals surface area (Å²) in [6.45, 7) is 2.93. The van der Waals surface area contributed by atoms with E-state index in [0.29, 0.717) is 5.69 Å². The van der Waals surface area contributed by atoms with Gasteiger partial charge < -0.3 is 19.0 Å². The number of methoxy groups -OCH3 is 2. The van der Waals surface area contributed by atoms with Crippen molar-refractivity contribution in [3.63, 3.8) is 0 Å². The minimum atomic E-state index is -1.93. The highest BCUT2D eigenvalue weighted by Crippen LogP contribution is 2.48. The number of hydrogen-bond acceptors (Lipinski definition) is 8. The van der Waals surface area contributed by atoms with Crippen molar-refractivity contribution in [1.29, 1.82) is 0 Å². The van der Waals surface area contributed by atoms with E-state index >= 15 is 0 Å². The number of Topliss-reactive ketones (excluding diaryl/α,β-unsaturated/α-hetero) is 1. The summed E-state index contributed by atoms with van der Waals surface area (Å²) >= 11 is 0. The number of hydrogen-bond donors (Lipinski definition) is 0. The summed E-state index contributed by atoms with van der Waals surface area (Å²) in [5.74, 6) is -4.27. The number of ketones is 1. The van der Waals surface area contributed by atoms with Crippen molar-refractivity contribution in [3.05, 3.63) is 29.8 Å². The normalized spacial score (nSPS) is 18.7. The van der Waals surface area contributed by atoms with Gasteiger partial charge in [0, 0.05) is 12.0 Å². The number of fused-ring (bicyclic) bond motifs is 1. The van der Waals surface area contributed by atoms with E-state index in [-0.39, 0.29) is 30.1 Å².